The molecule has 1 unspecified atom stereocenters. The van der Waals surface area contributed by atoms with Crippen molar-refractivity contribution in [2.45, 2.75) is 12.6 Å². The molecule has 1 atom stereocenters. The van der Waals surface area contributed by atoms with Gasteiger partial charge < -0.3 is 15.5 Å². The molecule has 0 fully saturated rings. The lowest BCUT2D eigenvalue weighted by atomic mass is 10.2. The van der Waals surface area contributed by atoms with E-state index in [4.69, 9.17) is 10.2 Å². The van der Waals surface area contributed by atoms with Crippen LogP contribution in [-0.2, 0) is 6.54 Å². The van der Waals surface area contributed by atoms with Crippen molar-refractivity contribution in [2.24, 2.45) is 0 Å². The van der Waals surface area contributed by atoms with Gasteiger partial charge in [0.2, 0.25) is 5.82 Å². The number of aliphatic hydroxyl groups excluding tert-OH is 2. The van der Waals surface area contributed by atoms with Gasteiger partial charge in [-0.3, -0.25) is 10.1 Å². The molecule has 1 aromatic rings. The van der Waals surface area contributed by atoms with Crippen molar-refractivity contribution < 1.29 is 19.5 Å². The first-order valence-electron chi connectivity index (χ1n) is 4.97. The first-order valence-corrected chi connectivity index (χ1v) is 4.97. The first kappa shape index (κ1) is 13.5. The second-order valence-corrected chi connectivity index (χ2v) is 3.47. The Balaban J connectivity index is 2.66. The van der Waals surface area contributed by atoms with Crippen LogP contribution in [0.25, 0.3) is 0 Å². The molecular formula is C10H13FN2O4. The summed E-state index contributed by atoms with van der Waals surface area (Å²) in [6.45, 7) is -0.270. The molecule has 0 aromatic heterocycles. The molecule has 0 aliphatic rings. The van der Waals surface area contributed by atoms with Crippen LogP contribution >= 0.6 is 0 Å². The highest BCUT2D eigenvalue weighted by molar-refractivity contribution is 5.36. The van der Waals surface area contributed by atoms with Gasteiger partial charge >= 0.3 is 5.69 Å². The maximum Gasteiger partial charge on any atom is 0.305 e. The highest BCUT2D eigenvalue weighted by atomic mass is 19.1. The van der Waals surface area contributed by atoms with Crippen LogP contribution < -0.4 is 5.32 Å². The molecule has 0 bridgehead atoms. The molecular weight excluding hydrogens is 231 g/mol. The Kier molecular flexibility index (Phi) is 4.95. The Bertz CT molecular complexity index is 400. The SMILES string of the molecule is O=[N+]([O-])c1cccc(CNCC(O)CO)c1F. The summed E-state index contributed by atoms with van der Waals surface area (Å²) in [5, 5.41) is 30.7. The largest absolute Gasteiger partial charge is 0.394 e. The molecule has 1 aromatic carbocycles. The topological polar surface area (TPSA) is 95.6 Å². The van der Waals surface area contributed by atoms with Crippen LogP contribution in [0.2, 0.25) is 0 Å². The van der Waals surface area contributed by atoms with Crippen molar-refractivity contribution >= 4 is 5.69 Å². The summed E-state index contributed by atoms with van der Waals surface area (Å²) in [6.07, 6.45) is -0.934. The molecule has 7 heteroatoms. The van der Waals surface area contributed by atoms with E-state index in [0.29, 0.717) is 0 Å². The van der Waals surface area contributed by atoms with Gasteiger partial charge in [-0.25, -0.2) is 0 Å². The number of rotatable bonds is 6. The van der Waals surface area contributed by atoms with Crippen molar-refractivity contribution in [3.8, 4) is 0 Å². The quantitative estimate of drug-likeness (QED) is 0.490. The maximum absolute atomic E-state index is 13.5. The van der Waals surface area contributed by atoms with Crippen LogP contribution in [0.5, 0.6) is 0 Å². The summed E-state index contributed by atoms with van der Waals surface area (Å²) in [6, 6.07) is 3.89. The zero-order chi connectivity index (χ0) is 12.8. The predicted molar refractivity (Wildman–Crippen MR) is 57.9 cm³/mol. The third-order valence-electron chi connectivity index (χ3n) is 2.16. The lowest BCUT2D eigenvalue weighted by Gasteiger charge is -2.09. The highest BCUT2D eigenvalue weighted by Crippen LogP contribution is 2.19. The van der Waals surface area contributed by atoms with E-state index in [9.17, 15) is 14.5 Å². The van der Waals surface area contributed by atoms with E-state index in [1.54, 1.807) is 0 Å². The summed E-state index contributed by atoms with van der Waals surface area (Å²) in [5.41, 5.74) is -0.434. The number of hydrogen-bond donors (Lipinski definition) is 3. The molecule has 0 radical (unpaired) electrons. The normalized spacial score (nSPS) is 12.4. The third-order valence-corrected chi connectivity index (χ3v) is 2.16. The Morgan fingerprint density at radius 2 is 2.24 bits per heavy atom. The van der Waals surface area contributed by atoms with Crippen molar-refractivity contribution in [3.05, 3.63) is 39.7 Å². The van der Waals surface area contributed by atoms with Crippen LogP contribution in [0.4, 0.5) is 10.1 Å². The van der Waals surface area contributed by atoms with Gasteiger partial charge in [-0.15, -0.1) is 0 Å². The number of hydrogen-bond acceptors (Lipinski definition) is 5. The summed E-state index contributed by atoms with van der Waals surface area (Å²) in [5.74, 6) is -0.886. The second-order valence-electron chi connectivity index (χ2n) is 3.47. The van der Waals surface area contributed by atoms with Crippen LogP contribution in [-0.4, -0.2) is 34.4 Å². The summed E-state index contributed by atoms with van der Waals surface area (Å²) < 4.78 is 13.5. The van der Waals surface area contributed by atoms with Crippen molar-refractivity contribution in [3.63, 3.8) is 0 Å². The number of halogens is 1. The van der Waals surface area contributed by atoms with Gasteiger partial charge in [0.25, 0.3) is 0 Å². The van der Waals surface area contributed by atoms with E-state index in [-0.39, 0.29) is 18.7 Å². The minimum Gasteiger partial charge on any atom is -0.394 e. The Hall–Kier alpha value is -1.57. The average Bonchev–Trinajstić information content (AvgIpc) is 2.30. The van der Waals surface area contributed by atoms with Gasteiger partial charge in [0.1, 0.15) is 0 Å². The molecule has 0 amide bonds. The maximum atomic E-state index is 13.5. The van der Waals surface area contributed by atoms with E-state index >= 15 is 0 Å². The molecule has 17 heavy (non-hydrogen) atoms. The molecule has 0 spiro atoms. The number of aliphatic hydroxyl groups is 2. The Morgan fingerprint density at radius 3 is 2.82 bits per heavy atom. The first-order chi connectivity index (χ1) is 8.06. The van der Waals surface area contributed by atoms with E-state index in [0.717, 1.165) is 6.07 Å². The smallest absolute Gasteiger partial charge is 0.305 e. The molecule has 6 nitrogen and oxygen atoms in total. The standard InChI is InChI=1S/C10H13FN2O4/c11-10-7(4-12-5-8(15)6-14)2-1-3-9(10)13(16)17/h1-3,8,12,14-15H,4-6H2. The second kappa shape index (κ2) is 6.24. The van der Waals surface area contributed by atoms with E-state index in [2.05, 4.69) is 5.32 Å². The summed E-state index contributed by atoms with van der Waals surface area (Å²) in [4.78, 5) is 9.68. The Morgan fingerprint density at radius 1 is 1.53 bits per heavy atom. The monoisotopic (exact) mass is 244 g/mol. The highest BCUT2D eigenvalue weighted by Gasteiger charge is 2.16. The van der Waals surface area contributed by atoms with E-state index in [1.807, 2.05) is 0 Å². The molecule has 1 rings (SSSR count). The number of nitro groups is 1. The molecule has 0 aliphatic carbocycles. The van der Waals surface area contributed by atoms with Crippen LogP contribution in [0.15, 0.2) is 18.2 Å². The number of nitrogens with zero attached hydrogens (tertiary/aromatic N) is 1. The summed E-state index contributed by atoms with van der Waals surface area (Å²) >= 11 is 0. The number of nitro benzene ring substituents is 1. The van der Waals surface area contributed by atoms with E-state index < -0.39 is 29.1 Å². The number of nitrogens with one attached hydrogen (secondary N) is 1. The van der Waals surface area contributed by atoms with Gasteiger partial charge in [0.15, 0.2) is 0 Å². The van der Waals surface area contributed by atoms with Gasteiger partial charge in [0, 0.05) is 24.7 Å². The zero-order valence-corrected chi connectivity index (χ0v) is 8.97. The lowest BCUT2D eigenvalue weighted by Crippen LogP contribution is -2.29. The van der Waals surface area contributed by atoms with Crippen molar-refractivity contribution in [2.75, 3.05) is 13.2 Å². The van der Waals surface area contributed by atoms with Crippen molar-refractivity contribution in [1.29, 1.82) is 0 Å². The minimum absolute atomic E-state index is 0.0462. The van der Waals surface area contributed by atoms with Gasteiger partial charge in [-0.1, -0.05) is 12.1 Å². The molecule has 0 heterocycles. The fourth-order valence-corrected chi connectivity index (χ4v) is 1.28. The zero-order valence-electron chi connectivity index (χ0n) is 8.97. The van der Waals surface area contributed by atoms with Crippen LogP contribution in [0.1, 0.15) is 5.56 Å². The van der Waals surface area contributed by atoms with Gasteiger partial charge in [-0.2, -0.15) is 4.39 Å². The van der Waals surface area contributed by atoms with Crippen LogP contribution in [0, 0.1) is 15.9 Å². The average molecular weight is 244 g/mol. The number of benzene rings is 1. The third kappa shape index (κ3) is 3.74. The molecule has 94 valence electrons. The summed E-state index contributed by atoms with van der Waals surface area (Å²) in [7, 11) is 0. The van der Waals surface area contributed by atoms with Gasteiger partial charge in [-0.05, 0) is 0 Å². The van der Waals surface area contributed by atoms with Gasteiger partial charge in [0.05, 0.1) is 17.6 Å². The predicted octanol–water partition coefficient (Wildman–Crippen LogP) is 0.177. The minimum atomic E-state index is -0.934. The Labute approximate surface area is 96.8 Å². The fourth-order valence-electron chi connectivity index (χ4n) is 1.28. The fraction of sp³-hybridized carbons (Fsp3) is 0.400. The van der Waals surface area contributed by atoms with Crippen molar-refractivity contribution in [1.82, 2.24) is 5.32 Å². The molecule has 3 N–H and O–H groups in total. The van der Waals surface area contributed by atoms with E-state index in [1.165, 1.54) is 12.1 Å². The van der Waals surface area contributed by atoms with Crippen LogP contribution in [0.3, 0.4) is 0 Å². The molecule has 0 aliphatic heterocycles. The molecule has 0 saturated heterocycles. The molecule has 0 saturated carbocycles. The lowest BCUT2D eigenvalue weighted by molar-refractivity contribution is -0.387.